The molecule has 2 aliphatic heterocycles. The molecule has 8 nitrogen and oxygen atoms in total. The van der Waals surface area contributed by atoms with Gasteiger partial charge in [0.15, 0.2) is 5.82 Å². The van der Waals surface area contributed by atoms with E-state index in [1.54, 1.807) is 12.1 Å². The Morgan fingerprint density at radius 1 is 1.05 bits per heavy atom. The Morgan fingerprint density at radius 2 is 1.86 bits per heavy atom. The van der Waals surface area contributed by atoms with Crippen LogP contribution in [0.25, 0.3) is 11.3 Å². The van der Waals surface area contributed by atoms with Gasteiger partial charge >= 0.3 is 0 Å². The first-order valence-corrected chi connectivity index (χ1v) is 13.6. The fourth-order valence-corrected chi connectivity index (χ4v) is 5.50. The van der Waals surface area contributed by atoms with Crippen LogP contribution in [0, 0.1) is 22.6 Å². The highest BCUT2D eigenvalue weighted by Crippen LogP contribution is 2.31. The summed E-state index contributed by atoms with van der Waals surface area (Å²) in [6.45, 7) is 3.50. The number of aromatic nitrogens is 2. The molecule has 2 saturated heterocycles. The second-order valence-electron chi connectivity index (χ2n) is 10.6. The van der Waals surface area contributed by atoms with Crippen molar-refractivity contribution in [2.24, 2.45) is 5.41 Å². The summed E-state index contributed by atoms with van der Waals surface area (Å²) in [7, 11) is 0. The molecule has 1 aliphatic carbocycles. The van der Waals surface area contributed by atoms with Crippen LogP contribution >= 0.6 is 0 Å². The number of hydrogen-bond acceptors (Lipinski definition) is 8. The zero-order valence-corrected chi connectivity index (χ0v) is 21.3. The molecule has 3 aliphatic rings. The third kappa shape index (κ3) is 6.75. The molecule has 0 radical (unpaired) electrons. The minimum atomic E-state index is -0.465. The van der Waals surface area contributed by atoms with E-state index in [1.807, 2.05) is 12.1 Å². The van der Waals surface area contributed by atoms with Gasteiger partial charge in [0.05, 0.1) is 29.5 Å². The number of halogens is 1. The van der Waals surface area contributed by atoms with Crippen molar-refractivity contribution in [3.8, 4) is 17.3 Å². The summed E-state index contributed by atoms with van der Waals surface area (Å²) in [6, 6.07) is 10.5. The molecule has 0 aromatic carbocycles. The maximum atomic E-state index is 14.8. The van der Waals surface area contributed by atoms with Crippen molar-refractivity contribution in [1.29, 1.82) is 5.26 Å². The predicted octanol–water partition coefficient (Wildman–Crippen LogP) is 4.51. The molecule has 0 amide bonds. The van der Waals surface area contributed by atoms with Crippen LogP contribution < -0.4 is 16.0 Å². The lowest BCUT2D eigenvalue weighted by atomic mass is 9.82. The number of anilines is 2. The molecule has 5 rings (SSSR count). The molecule has 37 heavy (non-hydrogen) atoms. The molecular weight excluding hydrogens is 471 g/mol. The number of ether oxygens (including phenoxy) is 2. The predicted molar refractivity (Wildman–Crippen MR) is 141 cm³/mol. The average Bonchev–Trinajstić information content (AvgIpc) is 3.47. The summed E-state index contributed by atoms with van der Waals surface area (Å²) in [5.74, 6) is 0.881. The third-order valence-corrected chi connectivity index (χ3v) is 7.91. The van der Waals surface area contributed by atoms with Crippen LogP contribution in [0.1, 0.15) is 51.4 Å². The summed E-state index contributed by atoms with van der Waals surface area (Å²) in [5.41, 5.74) is 0.482. The van der Waals surface area contributed by atoms with E-state index in [9.17, 15) is 9.65 Å². The number of nitrogens with one attached hydrogen (secondary N) is 3. The van der Waals surface area contributed by atoms with E-state index in [1.165, 1.54) is 12.6 Å². The Morgan fingerprint density at radius 3 is 2.62 bits per heavy atom. The molecule has 3 N–H and O–H groups in total. The SMILES string of the molecule is N#CC1(CNc2cccc(-c3cc(NC4CCC(NC[C@@H]5CCCO5)CC4)ncc3F)n2)CCOCC1. The first-order valence-electron chi connectivity index (χ1n) is 13.6. The van der Waals surface area contributed by atoms with E-state index in [4.69, 9.17) is 9.47 Å². The normalized spacial score (nSPS) is 25.4. The van der Waals surface area contributed by atoms with Crippen LogP contribution in [-0.2, 0) is 9.47 Å². The number of nitriles is 1. The minimum Gasteiger partial charge on any atom is -0.381 e. The lowest BCUT2D eigenvalue weighted by molar-refractivity contribution is 0.0455. The second-order valence-corrected chi connectivity index (χ2v) is 10.6. The van der Waals surface area contributed by atoms with Crippen molar-refractivity contribution in [3.05, 3.63) is 36.3 Å². The summed E-state index contributed by atoms with van der Waals surface area (Å²) in [4.78, 5) is 8.94. The van der Waals surface area contributed by atoms with E-state index in [0.29, 0.717) is 73.7 Å². The zero-order valence-electron chi connectivity index (χ0n) is 21.3. The van der Waals surface area contributed by atoms with Crippen molar-refractivity contribution in [2.75, 3.05) is 43.5 Å². The summed E-state index contributed by atoms with van der Waals surface area (Å²) < 4.78 is 25.9. The number of rotatable bonds is 9. The highest BCUT2D eigenvalue weighted by molar-refractivity contribution is 5.65. The fraction of sp³-hybridized carbons (Fsp3) is 0.607. The Kier molecular flexibility index (Phi) is 8.49. The molecule has 3 fully saturated rings. The van der Waals surface area contributed by atoms with E-state index in [2.05, 4.69) is 32.0 Å². The topological polar surface area (TPSA) is 104 Å². The second kappa shape index (κ2) is 12.2. The molecule has 2 aromatic rings. The van der Waals surface area contributed by atoms with Gasteiger partial charge in [0, 0.05) is 50.6 Å². The van der Waals surface area contributed by atoms with Gasteiger partial charge in [-0.2, -0.15) is 5.26 Å². The quantitative estimate of drug-likeness (QED) is 0.455. The molecule has 1 saturated carbocycles. The van der Waals surface area contributed by atoms with Gasteiger partial charge in [-0.3, -0.25) is 0 Å². The lowest BCUT2D eigenvalue weighted by Gasteiger charge is -2.31. The van der Waals surface area contributed by atoms with Gasteiger partial charge < -0.3 is 25.4 Å². The van der Waals surface area contributed by atoms with E-state index in [0.717, 1.165) is 45.3 Å². The highest BCUT2D eigenvalue weighted by atomic mass is 19.1. The van der Waals surface area contributed by atoms with Crippen molar-refractivity contribution >= 4 is 11.6 Å². The summed E-state index contributed by atoms with van der Waals surface area (Å²) in [6.07, 6.45) is 9.63. The Balaban J connectivity index is 1.17. The average molecular weight is 509 g/mol. The molecule has 0 bridgehead atoms. The van der Waals surface area contributed by atoms with Gasteiger partial charge in [0.25, 0.3) is 0 Å². The number of pyridine rings is 2. The van der Waals surface area contributed by atoms with Crippen LogP contribution in [0.3, 0.4) is 0 Å². The van der Waals surface area contributed by atoms with Crippen LogP contribution in [0.2, 0.25) is 0 Å². The maximum absolute atomic E-state index is 14.8. The van der Waals surface area contributed by atoms with Gasteiger partial charge in [0.2, 0.25) is 0 Å². The Labute approximate surface area is 218 Å². The zero-order chi connectivity index (χ0) is 25.5. The number of nitrogens with zero attached hydrogens (tertiary/aromatic N) is 3. The highest BCUT2D eigenvalue weighted by Gasteiger charge is 2.32. The Hall–Kier alpha value is -2.80. The molecule has 2 aromatic heterocycles. The molecule has 0 unspecified atom stereocenters. The largest absolute Gasteiger partial charge is 0.381 e. The minimum absolute atomic E-state index is 0.314. The van der Waals surface area contributed by atoms with Crippen molar-refractivity contribution in [1.82, 2.24) is 15.3 Å². The van der Waals surface area contributed by atoms with Crippen molar-refractivity contribution in [3.63, 3.8) is 0 Å². The molecular formula is C28H37FN6O2. The molecule has 1 atom stereocenters. The van der Waals surface area contributed by atoms with Gasteiger partial charge in [0.1, 0.15) is 11.6 Å². The van der Waals surface area contributed by atoms with Crippen LogP contribution in [0.15, 0.2) is 30.5 Å². The van der Waals surface area contributed by atoms with Gasteiger partial charge in [-0.25, -0.2) is 14.4 Å². The third-order valence-electron chi connectivity index (χ3n) is 7.91. The molecule has 9 heteroatoms. The van der Waals surface area contributed by atoms with Gasteiger partial charge in [-0.05, 0) is 69.6 Å². The Bertz CT molecular complexity index is 1070. The van der Waals surface area contributed by atoms with E-state index < -0.39 is 11.2 Å². The first-order chi connectivity index (χ1) is 18.1. The molecule has 0 spiro atoms. The van der Waals surface area contributed by atoms with E-state index in [-0.39, 0.29) is 0 Å². The molecule has 4 heterocycles. The number of hydrogen-bond donors (Lipinski definition) is 3. The lowest BCUT2D eigenvalue weighted by Crippen LogP contribution is -2.40. The monoisotopic (exact) mass is 508 g/mol. The first kappa shape index (κ1) is 25.8. The van der Waals surface area contributed by atoms with Gasteiger partial charge in [-0.1, -0.05) is 6.07 Å². The van der Waals surface area contributed by atoms with Crippen molar-refractivity contribution < 1.29 is 13.9 Å². The standard InChI is InChI=1S/C28H37FN6O2/c29-24-17-32-27(34-21-8-6-20(7-9-21)31-16-22-3-2-12-37-22)15-23(24)25-4-1-5-26(35-25)33-19-28(18-30)10-13-36-14-11-28/h1,4-5,15,17,20-22,31H,2-3,6-14,16,19H2,(H,32,34)(H,33,35)/t20?,21?,22-/m0/s1. The van der Waals surface area contributed by atoms with Crippen LogP contribution in [0.4, 0.5) is 16.0 Å². The smallest absolute Gasteiger partial charge is 0.151 e. The van der Waals surface area contributed by atoms with E-state index >= 15 is 0 Å². The van der Waals surface area contributed by atoms with Crippen molar-refractivity contribution in [2.45, 2.75) is 69.6 Å². The van der Waals surface area contributed by atoms with Crippen LogP contribution in [-0.4, -0.2) is 61.1 Å². The molecule has 198 valence electrons. The van der Waals surface area contributed by atoms with Crippen LogP contribution in [0.5, 0.6) is 0 Å². The fourth-order valence-electron chi connectivity index (χ4n) is 5.50. The maximum Gasteiger partial charge on any atom is 0.151 e. The summed E-state index contributed by atoms with van der Waals surface area (Å²) >= 11 is 0. The summed E-state index contributed by atoms with van der Waals surface area (Å²) in [5, 5.41) is 20.2. The van der Waals surface area contributed by atoms with Gasteiger partial charge in [-0.15, -0.1) is 0 Å².